The van der Waals surface area contributed by atoms with Crippen LogP contribution in [0.1, 0.15) is 24.8 Å². The summed E-state index contributed by atoms with van der Waals surface area (Å²) in [5, 5.41) is 0. The Kier molecular flexibility index (Phi) is 5.69. The van der Waals surface area contributed by atoms with Crippen molar-refractivity contribution in [2.24, 2.45) is 11.7 Å². The van der Waals surface area contributed by atoms with E-state index in [-0.39, 0.29) is 9.88 Å². The van der Waals surface area contributed by atoms with Crippen molar-refractivity contribution in [1.29, 1.82) is 0 Å². The molecule has 1 fully saturated rings. The molecule has 2 rings (SSSR count). The van der Waals surface area contributed by atoms with Gasteiger partial charge in [0.25, 0.3) is 0 Å². The topological polar surface area (TPSA) is 81.4 Å². The van der Waals surface area contributed by atoms with Gasteiger partial charge in [-0.25, -0.2) is 13.1 Å². The third-order valence-electron chi connectivity index (χ3n) is 3.24. The van der Waals surface area contributed by atoms with Crippen LogP contribution in [0.5, 0.6) is 0 Å². The van der Waals surface area contributed by atoms with Crippen LogP contribution in [0.25, 0.3) is 0 Å². The summed E-state index contributed by atoms with van der Waals surface area (Å²) < 4.78 is 32.3. The van der Waals surface area contributed by atoms with Gasteiger partial charge in [-0.2, -0.15) is 0 Å². The van der Waals surface area contributed by atoms with E-state index in [1.807, 2.05) is 0 Å². The van der Waals surface area contributed by atoms with Crippen molar-refractivity contribution in [3.05, 3.63) is 29.8 Å². The summed E-state index contributed by atoms with van der Waals surface area (Å²) in [6.45, 7) is 1.72. The molecule has 0 aliphatic heterocycles. The summed E-state index contributed by atoms with van der Waals surface area (Å²) in [5.41, 5.74) is 6.05. The fourth-order valence-corrected chi connectivity index (χ4v) is 3.06. The van der Waals surface area contributed by atoms with Crippen molar-refractivity contribution in [1.82, 2.24) is 4.72 Å². The second kappa shape index (κ2) is 7.31. The Labute approximate surface area is 130 Å². The quantitative estimate of drug-likeness (QED) is 0.529. The van der Waals surface area contributed by atoms with Gasteiger partial charge in [0.05, 0.1) is 4.90 Å². The third-order valence-corrected chi connectivity index (χ3v) is 4.93. The van der Waals surface area contributed by atoms with Gasteiger partial charge in [-0.3, -0.25) is 0 Å². The second-order valence-electron chi connectivity index (χ2n) is 5.16. The minimum absolute atomic E-state index is 0.173. The maximum Gasteiger partial charge on any atom is 0.240 e. The first-order valence-corrected chi connectivity index (χ1v) is 8.85. The molecule has 1 aliphatic rings. The molecule has 0 amide bonds. The highest BCUT2D eigenvalue weighted by Crippen LogP contribution is 2.28. The molecule has 7 heteroatoms. The fraction of sp³-hybridized carbons (Fsp3) is 0.500. The molecule has 1 aromatic rings. The van der Waals surface area contributed by atoms with Crippen LogP contribution in [0, 0.1) is 5.92 Å². The molecule has 3 N–H and O–H groups in total. The van der Waals surface area contributed by atoms with Crippen molar-refractivity contribution in [3.8, 4) is 0 Å². The highest BCUT2D eigenvalue weighted by molar-refractivity contribution is 7.89. The predicted molar refractivity (Wildman–Crippen MR) is 85.7 cm³/mol. The van der Waals surface area contributed by atoms with E-state index in [1.165, 1.54) is 25.0 Å². The van der Waals surface area contributed by atoms with Gasteiger partial charge >= 0.3 is 0 Å². The van der Waals surface area contributed by atoms with Gasteiger partial charge in [-0.1, -0.05) is 24.4 Å². The smallest absolute Gasteiger partial charge is 0.240 e. The molecule has 0 radical (unpaired) electrons. The Hall–Kier alpha value is -1.02. The number of benzene rings is 1. The first kappa shape index (κ1) is 16.4. The average Bonchev–Trinajstić information content (AvgIpc) is 3.27. The number of hydrogen-bond acceptors (Lipinski definition) is 4. The van der Waals surface area contributed by atoms with Crippen LogP contribution in [0.2, 0.25) is 0 Å². The molecule has 5 nitrogen and oxygen atoms in total. The van der Waals surface area contributed by atoms with Gasteiger partial charge in [0, 0.05) is 25.3 Å². The lowest BCUT2D eigenvalue weighted by Crippen LogP contribution is -2.26. The molecule has 0 bridgehead atoms. The van der Waals surface area contributed by atoms with Gasteiger partial charge in [0.1, 0.15) is 4.99 Å². The molecule has 116 valence electrons. The summed E-state index contributed by atoms with van der Waals surface area (Å²) in [7, 11) is -3.53. The highest BCUT2D eigenvalue weighted by Gasteiger charge is 2.21. The lowest BCUT2D eigenvalue weighted by molar-refractivity contribution is 0.123. The summed E-state index contributed by atoms with van der Waals surface area (Å²) in [6.07, 6.45) is 3.17. The van der Waals surface area contributed by atoms with E-state index in [1.54, 1.807) is 12.1 Å². The van der Waals surface area contributed by atoms with Crippen LogP contribution in [-0.2, 0) is 14.8 Å². The Bertz CT molecular complexity index is 598. The van der Waals surface area contributed by atoms with Crippen LogP contribution in [-0.4, -0.2) is 33.2 Å². The third kappa shape index (κ3) is 5.35. The molecular formula is C14H20N2O3S2. The average molecular weight is 328 g/mol. The number of nitrogens with two attached hydrogens (primary N) is 1. The van der Waals surface area contributed by atoms with Crippen LogP contribution in [0.4, 0.5) is 0 Å². The van der Waals surface area contributed by atoms with Crippen molar-refractivity contribution < 1.29 is 13.2 Å². The molecule has 1 aromatic carbocycles. The second-order valence-corrected chi connectivity index (χ2v) is 7.37. The number of nitrogens with one attached hydrogen (secondary N) is 1. The van der Waals surface area contributed by atoms with E-state index in [4.69, 9.17) is 22.7 Å². The largest absolute Gasteiger partial charge is 0.389 e. The first-order chi connectivity index (χ1) is 9.99. The van der Waals surface area contributed by atoms with E-state index >= 15 is 0 Å². The van der Waals surface area contributed by atoms with Gasteiger partial charge in [0.15, 0.2) is 0 Å². The molecule has 0 aromatic heterocycles. The molecular weight excluding hydrogens is 308 g/mol. The molecule has 21 heavy (non-hydrogen) atoms. The summed E-state index contributed by atoms with van der Waals surface area (Å²) in [6, 6.07) is 6.32. The van der Waals surface area contributed by atoms with Crippen LogP contribution in [0.15, 0.2) is 29.2 Å². The Morgan fingerprint density at radius 1 is 1.43 bits per heavy atom. The van der Waals surface area contributed by atoms with Crippen LogP contribution >= 0.6 is 12.2 Å². The maximum atomic E-state index is 12.1. The number of sulfonamides is 1. The zero-order valence-electron chi connectivity index (χ0n) is 11.7. The normalized spacial score (nSPS) is 15.0. The zero-order chi connectivity index (χ0) is 15.3. The zero-order valence-corrected chi connectivity index (χ0v) is 13.4. The molecule has 0 atom stereocenters. The summed E-state index contributed by atoms with van der Waals surface area (Å²) in [5.74, 6) is 0.726. The van der Waals surface area contributed by atoms with Gasteiger partial charge in [-0.15, -0.1) is 0 Å². The van der Waals surface area contributed by atoms with E-state index in [0.29, 0.717) is 25.1 Å². The van der Waals surface area contributed by atoms with E-state index in [2.05, 4.69) is 4.72 Å². The SMILES string of the molecule is NC(=S)c1cccc(S(=O)(=O)NCCCOCC2CC2)c1. The molecule has 0 spiro atoms. The Balaban J connectivity index is 1.80. The van der Waals surface area contributed by atoms with Crippen molar-refractivity contribution in [3.63, 3.8) is 0 Å². The number of ether oxygens (including phenoxy) is 1. The fourth-order valence-electron chi connectivity index (χ4n) is 1.82. The summed E-state index contributed by atoms with van der Waals surface area (Å²) in [4.78, 5) is 0.354. The van der Waals surface area contributed by atoms with Crippen molar-refractivity contribution >= 4 is 27.2 Å². The number of hydrogen-bond donors (Lipinski definition) is 2. The van der Waals surface area contributed by atoms with E-state index in [0.717, 1.165) is 12.5 Å². The van der Waals surface area contributed by atoms with Crippen LogP contribution in [0.3, 0.4) is 0 Å². The predicted octanol–water partition coefficient (Wildman–Crippen LogP) is 1.42. The lowest BCUT2D eigenvalue weighted by Gasteiger charge is -2.08. The molecule has 1 aliphatic carbocycles. The molecule has 0 saturated heterocycles. The van der Waals surface area contributed by atoms with Gasteiger partial charge in [0.2, 0.25) is 10.0 Å². The highest BCUT2D eigenvalue weighted by atomic mass is 32.2. The molecule has 1 saturated carbocycles. The maximum absolute atomic E-state index is 12.1. The minimum Gasteiger partial charge on any atom is -0.389 e. The van der Waals surface area contributed by atoms with Crippen molar-refractivity contribution in [2.75, 3.05) is 19.8 Å². The number of thiocarbonyl (C=S) groups is 1. The first-order valence-electron chi connectivity index (χ1n) is 6.96. The minimum atomic E-state index is -3.53. The van der Waals surface area contributed by atoms with Crippen molar-refractivity contribution in [2.45, 2.75) is 24.2 Å². The lowest BCUT2D eigenvalue weighted by atomic mass is 10.2. The Morgan fingerprint density at radius 3 is 2.86 bits per heavy atom. The monoisotopic (exact) mass is 328 g/mol. The molecule has 0 unspecified atom stereocenters. The standard InChI is InChI=1S/C14H20N2O3S2/c15-14(20)12-3-1-4-13(9-12)21(17,18)16-7-2-8-19-10-11-5-6-11/h1,3-4,9,11,16H,2,5-8,10H2,(H2,15,20). The van der Waals surface area contributed by atoms with E-state index < -0.39 is 10.0 Å². The Morgan fingerprint density at radius 2 is 2.19 bits per heavy atom. The van der Waals surface area contributed by atoms with Crippen LogP contribution < -0.4 is 10.5 Å². The number of rotatable bonds is 9. The summed E-state index contributed by atoms with van der Waals surface area (Å²) >= 11 is 4.85. The van der Waals surface area contributed by atoms with Gasteiger partial charge < -0.3 is 10.5 Å². The van der Waals surface area contributed by atoms with E-state index in [9.17, 15) is 8.42 Å². The molecule has 0 heterocycles. The van der Waals surface area contributed by atoms with Gasteiger partial charge in [-0.05, 0) is 37.3 Å².